The summed E-state index contributed by atoms with van der Waals surface area (Å²) >= 11 is 0. The van der Waals surface area contributed by atoms with Crippen molar-refractivity contribution in [1.29, 1.82) is 0 Å². The first-order valence-corrected chi connectivity index (χ1v) is 11.5. The number of anilines is 2. The van der Waals surface area contributed by atoms with Crippen LogP contribution in [0.1, 0.15) is 54.0 Å². The van der Waals surface area contributed by atoms with Gasteiger partial charge in [0.15, 0.2) is 5.78 Å². The summed E-state index contributed by atoms with van der Waals surface area (Å²) in [5, 5.41) is 3.56. The summed E-state index contributed by atoms with van der Waals surface area (Å²) in [6.07, 6.45) is 1.17. The molecule has 166 valence electrons. The fourth-order valence-corrected chi connectivity index (χ4v) is 5.08. The maximum Gasteiger partial charge on any atom is 0.224 e. The van der Waals surface area contributed by atoms with E-state index in [2.05, 4.69) is 36.5 Å². The maximum atomic E-state index is 13.8. The van der Waals surface area contributed by atoms with E-state index in [-0.39, 0.29) is 17.6 Å². The Hall–Kier alpha value is -3.66. The van der Waals surface area contributed by atoms with E-state index in [9.17, 15) is 9.59 Å². The number of aryl methyl sites for hydroxylation is 2. The maximum absolute atomic E-state index is 13.8. The number of allylic oxidation sites excluding steroid dienone is 1. The van der Waals surface area contributed by atoms with E-state index < -0.39 is 6.04 Å². The molecule has 33 heavy (non-hydrogen) atoms. The van der Waals surface area contributed by atoms with Crippen LogP contribution in [0, 0.1) is 13.8 Å². The molecule has 1 amide bonds. The number of para-hydroxylation sites is 2. The molecule has 0 saturated carbocycles. The van der Waals surface area contributed by atoms with Crippen molar-refractivity contribution in [3.8, 4) is 0 Å². The molecule has 2 atom stereocenters. The van der Waals surface area contributed by atoms with Crippen LogP contribution in [0.5, 0.6) is 0 Å². The lowest BCUT2D eigenvalue weighted by Crippen LogP contribution is -2.37. The van der Waals surface area contributed by atoms with E-state index in [0.717, 1.165) is 34.6 Å². The Labute approximate surface area is 194 Å². The van der Waals surface area contributed by atoms with Crippen LogP contribution >= 0.6 is 0 Å². The molecule has 1 aliphatic heterocycles. The van der Waals surface area contributed by atoms with Gasteiger partial charge in [0.25, 0.3) is 0 Å². The second kappa shape index (κ2) is 8.36. The zero-order chi connectivity index (χ0) is 23.1. The number of Topliss-reactive ketones (excluding diaryl/α,β-unsaturated/α-hetero) is 1. The summed E-state index contributed by atoms with van der Waals surface area (Å²) in [6.45, 7) is 5.69. The molecule has 4 nitrogen and oxygen atoms in total. The average molecular weight is 437 g/mol. The van der Waals surface area contributed by atoms with Gasteiger partial charge in [0.2, 0.25) is 5.91 Å². The van der Waals surface area contributed by atoms with Crippen molar-refractivity contribution in [3.05, 3.63) is 106 Å². The van der Waals surface area contributed by atoms with E-state index in [0.29, 0.717) is 12.0 Å². The van der Waals surface area contributed by atoms with Crippen LogP contribution in [0.4, 0.5) is 11.4 Å². The van der Waals surface area contributed by atoms with Crippen molar-refractivity contribution in [3.63, 3.8) is 0 Å². The third-order valence-electron chi connectivity index (χ3n) is 6.77. The second-order valence-corrected chi connectivity index (χ2v) is 9.18. The van der Waals surface area contributed by atoms with Gasteiger partial charge in [-0.05, 0) is 49.4 Å². The van der Waals surface area contributed by atoms with Gasteiger partial charge in [-0.15, -0.1) is 0 Å². The number of nitrogens with one attached hydrogen (secondary N) is 1. The van der Waals surface area contributed by atoms with Gasteiger partial charge in [-0.25, -0.2) is 0 Å². The number of amides is 1. The molecule has 2 aliphatic rings. The van der Waals surface area contributed by atoms with E-state index in [1.807, 2.05) is 55.5 Å². The van der Waals surface area contributed by atoms with Crippen LogP contribution in [0.2, 0.25) is 0 Å². The summed E-state index contributed by atoms with van der Waals surface area (Å²) in [7, 11) is 0. The first-order valence-electron chi connectivity index (χ1n) is 11.5. The number of fused-ring (bicyclic) bond motifs is 1. The Morgan fingerprint density at radius 1 is 0.848 bits per heavy atom. The number of rotatable bonds is 2. The van der Waals surface area contributed by atoms with Gasteiger partial charge in [0.1, 0.15) is 0 Å². The fourth-order valence-electron chi connectivity index (χ4n) is 5.08. The van der Waals surface area contributed by atoms with Gasteiger partial charge in [-0.2, -0.15) is 0 Å². The number of hydrogen-bond acceptors (Lipinski definition) is 3. The third-order valence-corrected chi connectivity index (χ3v) is 6.77. The first-order chi connectivity index (χ1) is 15.9. The molecule has 0 aromatic heterocycles. The molecule has 1 aliphatic carbocycles. The van der Waals surface area contributed by atoms with E-state index in [1.165, 1.54) is 11.1 Å². The Morgan fingerprint density at radius 2 is 1.45 bits per heavy atom. The average Bonchev–Trinajstić information content (AvgIpc) is 2.94. The molecule has 3 aromatic rings. The minimum Gasteiger partial charge on any atom is -0.357 e. The van der Waals surface area contributed by atoms with Crippen molar-refractivity contribution in [1.82, 2.24) is 0 Å². The lowest BCUT2D eigenvalue weighted by molar-refractivity contribution is -0.117. The molecule has 0 bridgehead atoms. The Morgan fingerprint density at radius 3 is 2.09 bits per heavy atom. The molecule has 0 fully saturated rings. The van der Waals surface area contributed by atoms with E-state index in [1.54, 1.807) is 11.8 Å². The van der Waals surface area contributed by atoms with Crippen LogP contribution in [-0.2, 0) is 9.59 Å². The van der Waals surface area contributed by atoms with Crippen LogP contribution in [0.25, 0.3) is 0 Å². The number of nitrogens with zero attached hydrogens (tertiary/aromatic N) is 1. The molecule has 0 unspecified atom stereocenters. The van der Waals surface area contributed by atoms with Crippen molar-refractivity contribution in [2.24, 2.45) is 0 Å². The van der Waals surface area contributed by atoms with Gasteiger partial charge < -0.3 is 5.32 Å². The normalized spacial score (nSPS) is 20.0. The standard InChI is InChI=1S/C29H28N2O2/c1-18-8-12-21(13-9-18)23-16-25-28(27(33)17-23)29(22-14-10-19(2)11-15-22)31(20(3)32)26-7-5-4-6-24(26)30-25/h4-15,23,29-30H,16-17H2,1-3H3/t23-,29+/m1/s1. The molecular weight excluding hydrogens is 408 g/mol. The lowest BCUT2D eigenvalue weighted by Gasteiger charge is -2.34. The molecule has 4 heteroatoms. The van der Waals surface area contributed by atoms with Crippen LogP contribution in [-0.4, -0.2) is 11.7 Å². The monoisotopic (exact) mass is 436 g/mol. The topological polar surface area (TPSA) is 49.4 Å². The number of benzene rings is 3. The summed E-state index contributed by atoms with van der Waals surface area (Å²) in [5.41, 5.74) is 7.74. The summed E-state index contributed by atoms with van der Waals surface area (Å²) in [5.74, 6) is 0.120. The highest BCUT2D eigenvalue weighted by atomic mass is 16.2. The van der Waals surface area contributed by atoms with Crippen molar-refractivity contribution >= 4 is 23.1 Å². The van der Waals surface area contributed by atoms with Crippen molar-refractivity contribution in [2.75, 3.05) is 10.2 Å². The number of carbonyl (C=O) groups excluding carboxylic acids is 2. The zero-order valence-corrected chi connectivity index (χ0v) is 19.3. The molecular formula is C29H28N2O2. The highest BCUT2D eigenvalue weighted by Crippen LogP contribution is 2.47. The molecule has 5 rings (SSSR count). The first kappa shape index (κ1) is 21.2. The Balaban J connectivity index is 1.69. The number of ketones is 1. The third kappa shape index (κ3) is 3.86. The van der Waals surface area contributed by atoms with Crippen LogP contribution < -0.4 is 10.2 Å². The SMILES string of the molecule is CC(=O)N1c2ccccc2NC2=C(C(=O)C[C@H](c3ccc(C)cc3)C2)[C@@H]1c1ccc(C)cc1. The van der Waals surface area contributed by atoms with Crippen LogP contribution in [0.15, 0.2) is 84.1 Å². The van der Waals surface area contributed by atoms with E-state index >= 15 is 0 Å². The van der Waals surface area contributed by atoms with Gasteiger partial charge in [-0.3, -0.25) is 14.5 Å². The highest BCUT2D eigenvalue weighted by Gasteiger charge is 2.40. The Bertz CT molecular complexity index is 1260. The molecule has 0 saturated heterocycles. The summed E-state index contributed by atoms with van der Waals surface area (Å²) < 4.78 is 0. The highest BCUT2D eigenvalue weighted by molar-refractivity contribution is 6.06. The minimum atomic E-state index is -0.458. The van der Waals surface area contributed by atoms with Crippen LogP contribution in [0.3, 0.4) is 0 Å². The second-order valence-electron chi connectivity index (χ2n) is 9.18. The van der Waals surface area contributed by atoms with Crippen molar-refractivity contribution in [2.45, 2.75) is 45.6 Å². The largest absolute Gasteiger partial charge is 0.357 e. The smallest absolute Gasteiger partial charge is 0.224 e. The molecule has 3 aromatic carbocycles. The predicted octanol–water partition coefficient (Wildman–Crippen LogP) is 6.22. The van der Waals surface area contributed by atoms with Gasteiger partial charge >= 0.3 is 0 Å². The number of hydrogen-bond donors (Lipinski definition) is 1. The van der Waals surface area contributed by atoms with Gasteiger partial charge in [-0.1, -0.05) is 71.8 Å². The molecule has 0 radical (unpaired) electrons. The predicted molar refractivity (Wildman–Crippen MR) is 132 cm³/mol. The molecule has 1 N–H and O–H groups in total. The zero-order valence-electron chi connectivity index (χ0n) is 19.3. The molecule has 1 heterocycles. The van der Waals surface area contributed by atoms with Gasteiger partial charge in [0, 0.05) is 24.6 Å². The summed E-state index contributed by atoms with van der Waals surface area (Å²) in [4.78, 5) is 28.6. The van der Waals surface area contributed by atoms with Crippen molar-refractivity contribution < 1.29 is 9.59 Å². The quantitative estimate of drug-likeness (QED) is 0.518. The fraction of sp³-hybridized carbons (Fsp3) is 0.241. The van der Waals surface area contributed by atoms with Gasteiger partial charge in [0.05, 0.1) is 17.4 Å². The number of carbonyl (C=O) groups is 2. The van der Waals surface area contributed by atoms with E-state index in [4.69, 9.17) is 0 Å². The lowest BCUT2D eigenvalue weighted by atomic mass is 9.78. The summed E-state index contributed by atoms with van der Waals surface area (Å²) in [6, 6.07) is 24.0. The Kier molecular flexibility index (Phi) is 5.37. The minimum absolute atomic E-state index is 0.0861. The molecule has 0 spiro atoms.